The lowest BCUT2D eigenvalue weighted by atomic mass is 9.84. The van der Waals surface area contributed by atoms with Gasteiger partial charge in [0.25, 0.3) is 0 Å². The van der Waals surface area contributed by atoms with Gasteiger partial charge in [0.15, 0.2) is 16.9 Å². The van der Waals surface area contributed by atoms with Gasteiger partial charge in [-0.25, -0.2) is 0 Å². The van der Waals surface area contributed by atoms with E-state index < -0.39 is 28.6 Å². The summed E-state index contributed by atoms with van der Waals surface area (Å²) in [6.07, 6.45) is 1.82. The van der Waals surface area contributed by atoms with E-state index in [4.69, 9.17) is 9.15 Å². The molecule has 1 aromatic heterocycles. The number of carbonyl (C=O) groups is 1. The molecule has 2 aliphatic heterocycles. The van der Waals surface area contributed by atoms with Gasteiger partial charge >= 0.3 is 0 Å². The fourth-order valence-corrected chi connectivity index (χ4v) is 5.55. The topological polar surface area (TPSA) is 124 Å². The van der Waals surface area contributed by atoms with E-state index in [0.717, 1.165) is 18.7 Å². The van der Waals surface area contributed by atoms with Crippen LogP contribution in [0.4, 0.5) is 0 Å². The van der Waals surface area contributed by atoms with Crippen molar-refractivity contribution in [3.8, 4) is 34.3 Å². The molecule has 0 bridgehead atoms. The molecular weight excluding hydrogens is 524 g/mol. The summed E-state index contributed by atoms with van der Waals surface area (Å²) < 4.78 is 12.2. The van der Waals surface area contributed by atoms with E-state index in [1.807, 2.05) is 43.5 Å². The first-order valence-corrected chi connectivity index (χ1v) is 13.5. The Balaban J connectivity index is 1.56. The van der Waals surface area contributed by atoms with E-state index in [0.29, 0.717) is 30.0 Å². The zero-order valence-electron chi connectivity index (χ0n) is 22.5. The summed E-state index contributed by atoms with van der Waals surface area (Å²) >= 11 is 0. The van der Waals surface area contributed by atoms with Gasteiger partial charge in [-0.1, -0.05) is 48.5 Å². The minimum atomic E-state index is -0.845. The zero-order valence-corrected chi connectivity index (χ0v) is 22.5. The molecule has 3 heterocycles. The molecule has 210 valence electrons. The highest BCUT2D eigenvalue weighted by Gasteiger charge is 2.34. The summed E-state index contributed by atoms with van der Waals surface area (Å²) in [4.78, 5) is 30.9. The molecule has 0 spiro atoms. The van der Waals surface area contributed by atoms with Crippen molar-refractivity contribution in [1.29, 1.82) is 0 Å². The van der Waals surface area contributed by atoms with Crippen LogP contribution in [0.2, 0.25) is 0 Å². The van der Waals surface area contributed by atoms with Gasteiger partial charge in [-0.15, -0.1) is 0 Å². The predicted octanol–water partition coefficient (Wildman–Crippen LogP) is 4.30. The zero-order chi connectivity index (χ0) is 28.7. The Morgan fingerprint density at radius 1 is 0.927 bits per heavy atom. The Kier molecular flexibility index (Phi) is 6.88. The van der Waals surface area contributed by atoms with Crippen LogP contribution < -0.4 is 10.2 Å². The minimum absolute atomic E-state index is 0.0434. The first-order valence-electron chi connectivity index (χ1n) is 13.5. The number of carbonyl (C=O) groups excluding carboxylic acids is 1. The monoisotopic (exact) mass is 554 g/mol. The predicted molar refractivity (Wildman–Crippen MR) is 154 cm³/mol. The number of para-hydroxylation sites is 1. The van der Waals surface area contributed by atoms with Gasteiger partial charge in [-0.3, -0.25) is 9.59 Å². The largest absolute Gasteiger partial charge is 0.504 e. The molecule has 2 aliphatic rings. The van der Waals surface area contributed by atoms with Crippen LogP contribution in [0.5, 0.6) is 23.0 Å². The van der Waals surface area contributed by atoms with E-state index in [1.165, 1.54) is 6.07 Å². The lowest BCUT2D eigenvalue weighted by Gasteiger charge is -2.34. The molecule has 4 aromatic rings. The fourth-order valence-electron chi connectivity index (χ4n) is 5.55. The quantitative estimate of drug-likeness (QED) is 0.312. The second-order valence-corrected chi connectivity index (χ2v) is 10.5. The summed E-state index contributed by atoms with van der Waals surface area (Å²) in [5, 5.41) is 32.6. The van der Waals surface area contributed by atoms with Crippen molar-refractivity contribution in [2.75, 3.05) is 39.8 Å². The van der Waals surface area contributed by atoms with Gasteiger partial charge in [0.1, 0.15) is 29.1 Å². The maximum atomic E-state index is 13.7. The molecule has 3 N–H and O–H groups in total. The molecule has 9 heteroatoms. The van der Waals surface area contributed by atoms with Crippen molar-refractivity contribution in [2.45, 2.75) is 12.3 Å². The van der Waals surface area contributed by atoms with E-state index >= 15 is 0 Å². The second-order valence-electron chi connectivity index (χ2n) is 10.5. The molecule has 0 saturated carbocycles. The smallest absolute Gasteiger partial charge is 0.223 e. The van der Waals surface area contributed by atoms with E-state index in [-0.39, 0.29) is 41.2 Å². The van der Waals surface area contributed by atoms with Gasteiger partial charge in [0.05, 0.1) is 0 Å². The molecule has 1 atom stereocenters. The molecule has 0 aliphatic carbocycles. The van der Waals surface area contributed by atoms with Gasteiger partial charge in [0, 0.05) is 61.3 Å². The van der Waals surface area contributed by atoms with E-state index in [9.17, 15) is 24.9 Å². The Bertz CT molecular complexity index is 1720. The molecule has 1 unspecified atom stereocenters. The third-order valence-corrected chi connectivity index (χ3v) is 7.88. The van der Waals surface area contributed by atoms with Crippen LogP contribution in [0.1, 0.15) is 23.5 Å². The van der Waals surface area contributed by atoms with Crippen LogP contribution in [0.25, 0.3) is 28.4 Å². The Hall–Kier alpha value is -4.76. The fraction of sp³-hybridized carbons (Fsp3) is 0.250. The molecule has 41 heavy (non-hydrogen) atoms. The van der Waals surface area contributed by atoms with Crippen molar-refractivity contribution in [1.82, 2.24) is 9.80 Å². The summed E-state index contributed by atoms with van der Waals surface area (Å²) in [6, 6.07) is 17.7. The number of phenolic OH excluding ortho intramolecular Hbond substituents is 3. The maximum absolute atomic E-state index is 13.7. The van der Waals surface area contributed by atoms with Crippen LogP contribution in [0, 0.1) is 0 Å². The summed E-state index contributed by atoms with van der Waals surface area (Å²) in [6.45, 7) is 2.70. The van der Waals surface area contributed by atoms with Gasteiger partial charge in [0.2, 0.25) is 11.7 Å². The lowest BCUT2D eigenvalue weighted by Crippen LogP contribution is -2.47. The number of amides is 1. The van der Waals surface area contributed by atoms with E-state index in [1.54, 1.807) is 29.2 Å². The highest BCUT2D eigenvalue weighted by Crippen LogP contribution is 2.50. The number of hydrogen-bond donors (Lipinski definition) is 3. The molecule has 1 amide bonds. The molecule has 6 rings (SSSR count). The summed E-state index contributed by atoms with van der Waals surface area (Å²) in [7, 11) is 2.00. The third kappa shape index (κ3) is 4.89. The molecular formula is C32H30N2O7. The van der Waals surface area contributed by atoms with Crippen molar-refractivity contribution in [3.63, 3.8) is 0 Å². The van der Waals surface area contributed by atoms with Crippen LogP contribution in [-0.2, 0) is 4.79 Å². The van der Waals surface area contributed by atoms with Crippen LogP contribution >= 0.6 is 0 Å². The van der Waals surface area contributed by atoms with Crippen LogP contribution in [0.15, 0.2) is 75.4 Å². The highest BCUT2D eigenvalue weighted by atomic mass is 16.5. The molecule has 0 radical (unpaired) electrons. The Labute approximate surface area is 236 Å². The standard InChI is InChI=1S/C32H30N2O7/c1-33-11-13-34(14-12-33)26(36)16-22(21-15-20-9-5-6-10-24(20)40-18-21)27-29(37)31(39)30(38)28-23(35)17-25(41-32(27)28)19-7-3-2-4-8-19/h2-10,15,17,22,37-39H,11-14,16,18H2,1H3. The van der Waals surface area contributed by atoms with E-state index in [2.05, 4.69) is 4.90 Å². The molecule has 1 saturated heterocycles. The van der Waals surface area contributed by atoms with Crippen molar-refractivity contribution >= 4 is 23.0 Å². The first-order chi connectivity index (χ1) is 19.8. The number of rotatable bonds is 5. The average Bonchev–Trinajstić information content (AvgIpc) is 2.99. The van der Waals surface area contributed by atoms with Gasteiger partial charge < -0.3 is 34.3 Å². The Morgan fingerprint density at radius 2 is 1.63 bits per heavy atom. The van der Waals surface area contributed by atoms with Crippen LogP contribution in [0.3, 0.4) is 0 Å². The minimum Gasteiger partial charge on any atom is -0.504 e. The van der Waals surface area contributed by atoms with Crippen molar-refractivity contribution in [3.05, 3.63) is 87.6 Å². The normalized spacial score (nSPS) is 16.1. The molecule has 9 nitrogen and oxygen atoms in total. The third-order valence-electron chi connectivity index (χ3n) is 7.88. The average molecular weight is 555 g/mol. The number of benzene rings is 3. The number of phenols is 3. The summed E-state index contributed by atoms with van der Waals surface area (Å²) in [5.74, 6) is -2.36. The van der Waals surface area contributed by atoms with Crippen molar-refractivity contribution in [2.24, 2.45) is 0 Å². The summed E-state index contributed by atoms with van der Waals surface area (Å²) in [5.41, 5.74) is 1.41. The van der Waals surface area contributed by atoms with Gasteiger partial charge in [-0.2, -0.15) is 0 Å². The van der Waals surface area contributed by atoms with Crippen molar-refractivity contribution < 1.29 is 29.3 Å². The number of nitrogens with zero attached hydrogens (tertiary/aromatic N) is 2. The molecule has 1 fully saturated rings. The SMILES string of the molecule is CN1CCN(C(=O)CC(C2=Cc3ccccc3OC2)c2c(O)c(O)c(O)c3c(=O)cc(-c4ccccc4)oc23)CC1. The lowest BCUT2D eigenvalue weighted by molar-refractivity contribution is -0.133. The maximum Gasteiger partial charge on any atom is 0.223 e. The second kappa shape index (κ2) is 10.7. The van der Waals surface area contributed by atoms with Gasteiger partial charge in [-0.05, 0) is 24.8 Å². The number of hydrogen-bond acceptors (Lipinski definition) is 8. The highest BCUT2D eigenvalue weighted by molar-refractivity contribution is 5.94. The number of aromatic hydroxyl groups is 3. The number of likely N-dealkylation sites (N-methyl/N-ethyl adjacent to an activating group) is 1. The first kappa shape index (κ1) is 26.5. The van der Waals surface area contributed by atoms with Crippen LogP contribution in [-0.4, -0.2) is 70.9 Å². The number of piperazine rings is 1. The Morgan fingerprint density at radius 3 is 2.39 bits per heavy atom. The number of fused-ring (bicyclic) bond motifs is 2. The molecule has 3 aromatic carbocycles. The number of ether oxygens (including phenoxy) is 1.